The Morgan fingerprint density at radius 1 is 1.36 bits per heavy atom. The number of carbonyl (C=O) groups is 2. The predicted molar refractivity (Wildman–Crippen MR) is 93.4 cm³/mol. The fourth-order valence-electron chi connectivity index (χ4n) is 2.54. The summed E-state index contributed by atoms with van der Waals surface area (Å²) >= 11 is 0. The van der Waals surface area contributed by atoms with Crippen molar-refractivity contribution in [3.63, 3.8) is 0 Å². The monoisotopic (exact) mass is 338 g/mol. The number of H-pyrrole nitrogens is 1. The fourth-order valence-corrected chi connectivity index (χ4v) is 2.54. The van der Waals surface area contributed by atoms with E-state index in [0.29, 0.717) is 24.4 Å². The number of hydrogen-bond donors (Lipinski definition) is 2. The van der Waals surface area contributed by atoms with Crippen molar-refractivity contribution in [2.75, 3.05) is 0 Å². The number of allylic oxidation sites excluding steroid dienone is 3. The third kappa shape index (κ3) is 4.00. The summed E-state index contributed by atoms with van der Waals surface area (Å²) in [6.45, 7) is 1.48. The van der Waals surface area contributed by atoms with Crippen LogP contribution in [0.1, 0.15) is 37.0 Å². The molecule has 2 N–H and O–H groups in total. The molecule has 1 aliphatic carbocycles. The zero-order valence-electron chi connectivity index (χ0n) is 13.8. The molecule has 0 aromatic carbocycles. The van der Waals surface area contributed by atoms with Gasteiger partial charge in [0.15, 0.2) is 5.78 Å². The smallest absolute Gasteiger partial charge is 0.219 e. The first-order chi connectivity index (χ1) is 12.0. The summed E-state index contributed by atoms with van der Waals surface area (Å²) in [5, 5.41) is 10.5. The Labute approximate surface area is 144 Å². The molecule has 0 radical (unpaired) electrons. The average Bonchev–Trinajstić information content (AvgIpc) is 3.18. The second kappa shape index (κ2) is 7.12. The maximum absolute atomic E-state index is 11.5. The molecule has 0 fully saturated rings. The van der Waals surface area contributed by atoms with E-state index < -0.39 is 0 Å². The van der Waals surface area contributed by atoms with Crippen molar-refractivity contribution in [2.45, 2.75) is 26.3 Å². The molecule has 128 valence electrons. The maximum Gasteiger partial charge on any atom is 0.219 e. The average molecular weight is 338 g/mol. The number of Topliss-reactive ketones (excluding diaryl/α,β-unsaturated/α-hetero) is 1. The van der Waals surface area contributed by atoms with Crippen LogP contribution in [0.4, 0.5) is 0 Å². The van der Waals surface area contributed by atoms with Gasteiger partial charge in [0.1, 0.15) is 17.3 Å². The van der Waals surface area contributed by atoms with E-state index in [1.54, 1.807) is 36.8 Å². The van der Waals surface area contributed by atoms with E-state index in [1.165, 1.54) is 17.6 Å². The number of aromatic hydroxyl groups is 1. The highest BCUT2D eigenvalue weighted by molar-refractivity contribution is 5.92. The van der Waals surface area contributed by atoms with Crippen LogP contribution < -0.4 is 0 Å². The molecule has 0 atom stereocenters. The van der Waals surface area contributed by atoms with E-state index in [9.17, 15) is 14.7 Å². The lowest BCUT2D eigenvalue weighted by Crippen LogP contribution is -2.07. The molecule has 0 saturated heterocycles. The number of ketones is 2. The van der Waals surface area contributed by atoms with Gasteiger partial charge < -0.3 is 10.1 Å². The van der Waals surface area contributed by atoms with Crippen LogP contribution in [-0.4, -0.2) is 36.2 Å². The van der Waals surface area contributed by atoms with E-state index >= 15 is 0 Å². The highest BCUT2D eigenvalue weighted by Crippen LogP contribution is 2.25. The van der Waals surface area contributed by atoms with Gasteiger partial charge in [0.2, 0.25) is 5.88 Å². The molecule has 2 aromatic rings. The minimum atomic E-state index is -0.0914. The molecular weight excluding hydrogens is 320 g/mol. The summed E-state index contributed by atoms with van der Waals surface area (Å²) in [5.41, 5.74) is 2.07. The summed E-state index contributed by atoms with van der Waals surface area (Å²) in [6.07, 6.45) is 12.7. The Bertz CT molecular complexity index is 886. The molecule has 0 bridgehead atoms. The molecule has 0 unspecified atom stereocenters. The summed E-state index contributed by atoms with van der Waals surface area (Å²) in [4.78, 5) is 34.1. The van der Waals surface area contributed by atoms with Gasteiger partial charge in [-0.25, -0.2) is 9.97 Å². The van der Waals surface area contributed by atoms with Gasteiger partial charge in [0.25, 0.3) is 0 Å². The van der Waals surface area contributed by atoms with Crippen molar-refractivity contribution in [1.82, 2.24) is 19.5 Å². The summed E-state index contributed by atoms with van der Waals surface area (Å²) in [6, 6.07) is 0. The molecule has 2 aromatic heterocycles. The molecule has 0 aliphatic heterocycles. The Morgan fingerprint density at radius 2 is 2.20 bits per heavy atom. The fraction of sp³-hybridized carbons (Fsp3) is 0.222. The molecular formula is C18H18N4O3. The van der Waals surface area contributed by atoms with Gasteiger partial charge in [-0.1, -0.05) is 6.08 Å². The van der Waals surface area contributed by atoms with Crippen molar-refractivity contribution in [3.8, 4) is 5.88 Å². The standard InChI is InChI=1S/C18H18N4O3/c1-12(23)10-22-17(7-4-14-9-19-11-20-14)21-16(18(22)25)8-13-2-5-15(24)6-3-13/h2,4-5,7-9,11,25H,3,6,10H2,1H3,(H,19,20)/b7-4+,13-8?. The number of carbonyl (C=O) groups excluding carboxylic acids is 2. The number of aromatic amines is 1. The predicted octanol–water partition coefficient (Wildman–Crippen LogP) is 2.37. The molecule has 0 saturated carbocycles. The van der Waals surface area contributed by atoms with Crippen molar-refractivity contribution < 1.29 is 14.7 Å². The number of rotatable bonds is 5. The lowest BCUT2D eigenvalue weighted by atomic mass is 10.0. The third-order valence-electron chi connectivity index (χ3n) is 3.77. The van der Waals surface area contributed by atoms with Crippen LogP contribution in [0.2, 0.25) is 0 Å². The van der Waals surface area contributed by atoms with Gasteiger partial charge in [-0.05, 0) is 43.2 Å². The Kier molecular flexibility index (Phi) is 4.74. The zero-order chi connectivity index (χ0) is 17.8. The first-order valence-electron chi connectivity index (χ1n) is 7.90. The summed E-state index contributed by atoms with van der Waals surface area (Å²) < 4.78 is 1.46. The first-order valence-corrected chi connectivity index (χ1v) is 7.90. The third-order valence-corrected chi connectivity index (χ3v) is 3.77. The second-order valence-electron chi connectivity index (χ2n) is 5.83. The van der Waals surface area contributed by atoms with Crippen LogP contribution in [0.15, 0.2) is 30.2 Å². The Morgan fingerprint density at radius 3 is 2.84 bits per heavy atom. The number of nitrogens with zero attached hydrogens (tertiary/aromatic N) is 3. The molecule has 7 heteroatoms. The van der Waals surface area contributed by atoms with Gasteiger partial charge in [-0.2, -0.15) is 0 Å². The summed E-state index contributed by atoms with van der Waals surface area (Å²) in [5.74, 6) is 0.389. The quantitative estimate of drug-likeness (QED) is 0.871. The minimum absolute atomic E-state index is 0.0268. The molecule has 0 spiro atoms. The van der Waals surface area contributed by atoms with E-state index in [2.05, 4.69) is 15.0 Å². The topological polar surface area (TPSA) is 101 Å². The van der Waals surface area contributed by atoms with Gasteiger partial charge >= 0.3 is 0 Å². The van der Waals surface area contributed by atoms with E-state index in [-0.39, 0.29) is 24.0 Å². The van der Waals surface area contributed by atoms with Crippen LogP contribution in [0.25, 0.3) is 18.2 Å². The van der Waals surface area contributed by atoms with E-state index in [4.69, 9.17) is 0 Å². The number of hydrogen-bond acceptors (Lipinski definition) is 5. The van der Waals surface area contributed by atoms with Crippen molar-refractivity contribution in [2.24, 2.45) is 0 Å². The van der Waals surface area contributed by atoms with Gasteiger partial charge in [-0.15, -0.1) is 0 Å². The van der Waals surface area contributed by atoms with Crippen molar-refractivity contribution >= 4 is 29.8 Å². The largest absolute Gasteiger partial charge is 0.493 e. The van der Waals surface area contributed by atoms with Crippen LogP contribution in [0, 0.1) is 0 Å². The van der Waals surface area contributed by atoms with Crippen LogP contribution in [0.3, 0.4) is 0 Å². The lowest BCUT2D eigenvalue weighted by molar-refractivity contribution is -0.117. The molecule has 1 aliphatic rings. The highest BCUT2D eigenvalue weighted by atomic mass is 16.3. The van der Waals surface area contributed by atoms with Crippen LogP contribution >= 0.6 is 0 Å². The minimum Gasteiger partial charge on any atom is -0.493 e. The lowest BCUT2D eigenvalue weighted by Gasteiger charge is -2.06. The first kappa shape index (κ1) is 16.6. The zero-order valence-corrected chi connectivity index (χ0v) is 13.8. The molecule has 2 heterocycles. The van der Waals surface area contributed by atoms with Crippen LogP contribution in [-0.2, 0) is 16.1 Å². The number of nitrogens with one attached hydrogen (secondary N) is 1. The van der Waals surface area contributed by atoms with E-state index in [0.717, 1.165) is 11.3 Å². The number of imidazole rings is 2. The Hall–Kier alpha value is -3.22. The molecule has 0 amide bonds. The molecule has 25 heavy (non-hydrogen) atoms. The van der Waals surface area contributed by atoms with E-state index in [1.807, 2.05) is 0 Å². The molecule has 7 nitrogen and oxygen atoms in total. The highest BCUT2D eigenvalue weighted by Gasteiger charge is 2.16. The number of aromatic nitrogens is 4. The van der Waals surface area contributed by atoms with Crippen LogP contribution in [0.5, 0.6) is 5.88 Å². The van der Waals surface area contributed by atoms with Crippen molar-refractivity contribution in [3.05, 3.63) is 47.5 Å². The van der Waals surface area contributed by atoms with Gasteiger partial charge in [0.05, 0.1) is 24.8 Å². The summed E-state index contributed by atoms with van der Waals surface area (Å²) in [7, 11) is 0. The maximum atomic E-state index is 11.5. The van der Waals surface area contributed by atoms with Crippen molar-refractivity contribution in [1.29, 1.82) is 0 Å². The normalized spacial score (nSPS) is 16.2. The van der Waals surface area contributed by atoms with Gasteiger partial charge in [-0.3, -0.25) is 14.2 Å². The van der Waals surface area contributed by atoms with Gasteiger partial charge in [0, 0.05) is 6.42 Å². The molecule has 3 rings (SSSR count). The SMILES string of the molecule is CC(=O)Cn1c(/C=C/c2cnc[nH]2)nc(C=C2C=CC(=O)CC2)c1O. The Balaban J connectivity index is 1.96. The second-order valence-corrected chi connectivity index (χ2v) is 5.83.